The highest BCUT2D eigenvalue weighted by atomic mass is 16.6. The maximum Gasteiger partial charge on any atom is 0.410 e. The van der Waals surface area contributed by atoms with Crippen molar-refractivity contribution in [2.75, 3.05) is 53.2 Å². The van der Waals surface area contributed by atoms with Crippen LogP contribution in [0.5, 0.6) is 0 Å². The first-order valence-corrected chi connectivity index (χ1v) is 20.0. The van der Waals surface area contributed by atoms with E-state index in [4.69, 9.17) is 14.2 Å². The van der Waals surface area contributed by atoms with Gasteiger partial charge in [0.1, 0.15) is 48.4 Å². The van der Waals surface area contributed by atoms with Gasteiger partial charge in [-0.2, -0.15) is 0 Å². The molecular formula is C40H65N7O12. The van der Waals surface area contributed by atoms with E-state index in [-0.39, 0.29) is 38.9 Å². The number of ether oxygens (including phenoxy) is 4. The number of methoxy groups -OCH3 is 1. The fourth-order valence-corrected chi connectivity index (χ4v) is 6.41. The average molecular weight is 836 g/mol. The van der Waals surface area contributed by atoms with Crippen molar-refractivity contribution in [3.8, 4) is 0 Å². The van der Waals surface area contributed by atoms with Crippen LogP contribution in [0.15, 0.2) is 25.3 Å². The molecule has 0 radical (unpaired) electrons. The molecule has 332 valence electrons. The summed E-state index contributed by atoms with van der Waals surface area (Å²) in [5.41, 5.74) is -0.759. The number of nitrogens with one attached hydrogen (secondary N) is 5. The first kappa shape index (κ1) is 50.1. The fraction of sp³-hybridized carbons (Fsp3) is 0.700. The molecule has 19 heteroatoms. The van der Waals surface area contributed by atoms with E-state index >= 15 is 0 Å². The Hall–Kier alpha value is -5.04. The Morgan fingerprint density at radius 3 is 1.69 bits per heavy atom. The van der Waals surface area contributed by atoms with Gasteiger partial charge in [0.15, 0.2) is 0 Å². The normalized spacial score (nSPS) is 18.5. The summed E-state index contributed by atoms with van der Waals surface area (Å²) in [5.74, 6) is -5.63. The van der Waals surface area contributed by atoms with Crippen LogP contribution >= 0.6 is 0 Å². The second-order valence-corrected chi connectivity index (χ2v) is 16.1. The van der Waals surface area contributed by atoms with Gasteiger partial charge in [0.25, 0.3) is 0 Å². The second kappa shape index (κ2) is 24.1. The van der Waals surface area contributed by atoms with Gasteiger partial charge in [0, 0.05) is 13.1 Å². The van der Waals surface area contributed by atoms with Crippen LogP contribution in [-0.2, 0) is 52.5 Å². The van der Waals surface area contributed by atoms with Crippen LogP contribution < -0.4 is 26.6 Å². The SMILES string of the molecule is C=CCOC[C@H](NC(=O)[C@@H](NC(=O)[C@@H](NC(=O)[C@H](COCC=C)NC(=O)[C@@H]1CCCN1C(=O)[C@@H]1CCCN1C(=O)OC(C)(C)C)C(C)C)C(C)C)C(=O)NCC(=O)OC. The van der Waals surface area contributed by atoms with E-state index < -0.39 is 102 Å². The Kier molecular flexibility index (Phi) is 20.5. The highest BCUT2D eigenvalue weighted by Gasteiger charge is 2.44. The zero-order chi connectivity index (χ0) is 44.4. The second-order valence-electron chi connectivity index (χ2n) is 16.1. The van der Waals surface area contributed by atoms with Gasteiger partial charge in [-0.1, -0.05) is 39.8 Å². The first-order chi connectivity index (χ1) is 27.8. The lowest BCUT2D eigenvalue weighted by Gasteiger charge is -2.33. The van der Waals surface area contributed by atoms with Crippen molar-refractivity contribution in [2.45, 2.75) is 116 Å². The third-order valence-corrected chi connectivity index (χ3v) is 9.44. The van der Waals surface area contributed by atoms with Crippen molar-refractivity contribution in [1.29, 1.82) is 0 Å². The number of likely N-dealkylation sites (tertiary alicyclic amines) is 2. The number of nitrogens with zero attached hydrogens (tertiary/aromatic N) is 2. The molecule has 0 saturated carbocycles. The summed E-state index contributed by atoms with van der Waals surface area (Å²) >= 11 is 0. The van der Waals surface area contributed by atoms with Crippen LogP contribution in [0.3, 0.4) is 0 Å². The smallest absolute Gasteiger partial charge is 0.410 e. The Bertz CT molecular complexity index is 1510. The van der Waals surface area contributed by atoms with Crippen LogP contribution in [-0.4, -0.2) is 152 Å². The fourth-order valence-electron chi connectivity index (χ4n) is 6.41. The lowest BCUT2D eigenvalue weighted by Crippen LogP contribution is -2.62. The lowest BCUT2D eigenvalue weighted by atomic mass is 9.99. The van der Waals surface area contributed by atoms with Gasteiger partial charge in [0.2, 0.25) is 35.4 Å². The van der Waals surface area contributed by atoms with Crippen molar-refractivity contribution in [3.63, 3.8) is 0 Å². The molecule has 5 N–H and O–H groups in total. The zero-order valence-corrected chi connectivity index (χ0v) is 35.8. The molecule has 0 aliphatic carbocycles. The Morgan fingerprint density at radius 1 is 0.695 bits per heavy atom. The summed E-state index contributed by atoms with van der Waals surface area (Å²) in [7, 11) is 1.16. The van der Waals surface area contributed by atoms with Crippen molar-refractivity contribution >= 4 is 47.5 Å². The van der Waals surface area contributed by atoms with E-state index in [0.717, 1.165) is 7.11 Å². The molecule has 0 spiro atoms. The molecule has 6 atom stereocenters. The molecule has 59 heavy (non-hydrogen) atoms. The summed E-state index contributed by atoms with van der Waals surface area (Å²) in [6.07, 6.45) is 4.17. The summed E-state index contributed by atoms with van der Waals surface area (Å²) in [4.78, 5) is 109. The minimum atomic E-state index is -1.30. The van der Waals surface area contributed by atoms with Crippen molar-refractivity contribution in [3.05, 3.63) is 25.3 Å². The quantitative estimate of drug-likeness (QED) is 0.0563. The molecule has 0 bridgehead atoms. The Morgan fingerprint density at radius 2 is 1.19 bits per heavy atom. The van der Waals surface area contributed by atoms with Crippen molar-refractivity contribution in [1.82, 2.24) is 36.4 Å². The van der Waals surface area contributed by atoms with Crippen LogP contribution in [0.1, 0.15) is 74.1 Å². The van der Waals surface area contributed by atoms with E-state index in [2.05, 4.69) is 44.5 Å². The van der Waals surface area contributed by atoms with Crippen LogP contribution in [0.25, 0.3) is 0 Å². The monoisotopic (exact) mass is 835 g/mol. The number of hydrogen-bond acceptors (Lipinski definition) is 12. The molecular weight excluding hydrogens is 770 g/mol. The van der Waals surface area contributed by atoms with Gasteiger partial charge in [-0.25, -0.2) is 4.79 Å². The molecule has 19 nitrogen and oxygen atoms in total. The predicted octanol–water partition coefficient (Wildman–Crippen LogP) is 0.323. The van der Waals surface area contributed by atoms with Gasteiger partial charge in [0.05, 0.1) is 33.5 Å². The highest BCUT2D eigenvalue weighted by Crippen LogP contribution is 2.26. The van der Waals surface area contributed by atoms with Gasteiger partial charge >= 0.3 is 12.1 Å². The molecule has 2 saturated heterocycles. The number of esters is 1. The van der Waals surface area contributed by atoms with E-state index in [1.165, 1.54) is 22.0 Å². The Balaban J connectivity index is 2.22. The number of rotatable bonds is 22. The van der Waals surface area contributed by atoms with E-state index in [1.807, 2.05) is 0 Å². The van der Waals surface area contributed by atoms with Crippen molar-refractivity contribution in [2.24, 2.45) is 11.8 Å². The zero-order valence-electron chi connectivity index (χ0n) is 35.8. The van der Waals surface area contributed by atoms with Gasteiger partial charge in [-0.05, 0) is 58.3 Å². The molecule has 2 fully saturated rings. The first-order valence-electron chi connectivity index (χ1n) is 20.0. The van der Waals surface area contributed by atoms with Crippen LogP contribution in [0.2, 0.25) is 0 Å². The number of amides is 7. The van der Waals surface area contributed by atoms with Gasteiger partial charge in [-0.15, -0.1) is 13.2 Å². The minimum absolute atomic E-state index is 0.0511. The average Bonchev–Trinajstić information content (AvgIpc) is 3.87. The lowest BCUT2D eigenvalue weighted by molar-refractivity contribution is -0.143. The standard InChI is InChI=1S/C40H65N7O12/c1-11-19-57-22-26(33(49)41-21-30(48)56-10)43-36(52)31(24(3)4)45-37(53)32(25(5)6)44-34(50)27(23-58-20-12-2)42-35(51)28-15-13-17-46(28)38(54)29-16-14-18-47(29)39(55)59-40(7,8)9/h11-12,24-29,31-32H,1-2,13-23H2,3-10H3,(H,41,49)(H,42,51)(H,43,52)(H,44,50)(H,45,53)/t26-,27-,28-,29-,31-,32-/m0/s1. The molecule has 2 heterocycles. The topological polar surface area (TPSA) is 240 Å². The molecule has 0 unspecified atom stereocenters. The molecule has 0 aromatic carbocycles. The van der Waals surface area contributed by atoms with Crippen LogP contribution in [0, 0.1) is 11.8 Å². The molecule has 2 aliphatic rings. The third kappa shape index (κ3) is 15.9. The van der Waals surface area contributed by atoms with Crippen LogP contribution in [0.4, 0.5) is 4.79 Å². The summed E-state index contributed by atoms with van der Waals surface area (Å²) in [6.45, 7) is 18.8. The van der Waals surface area contributed by atoms with Crippen molar-refractivity contribution < 1.29 is 57.3 Å². The molecule has 7 amide bonds. The minimum Gasteiger partial charge on any atom is -0.468 e. The molecule has 0 aromatic rings. The summed E-state index contributed by atoms with van der Waals surface area (Å²) in [6, 6.07) is -6.66. The van der Waals surface area contributed by atoms with E-state index in [9.17, 15) is 38.4 Å². The largest absolute Gasteiger partial charge is 0.468 e. The number of hydrogen-bond donors (Lipinski definition) is 5. The molecule has 2 aliphatic heterocycles. The third-order valence-electron chi connectivity index (χ3n) is 9.44. The number of carbonyl (C=O) groups excluding carboxylic acids is 8. The molecule has 2 rings (SSSR count). The summed E-state index contributed by atoms with van der Waals surface area (Å²) < 4.78 is 21.0. The summed E-state index contributed by atoms with van der Waals surface area (Å²) in [5, 5.41) is 13.0. The van der Waals surface area contributed by atoms with Gasteiger partial charge in [-0.3, -0.25) is 38.5 Å². The van der Waals surface area contributed by atoms with Gasteiger partial charge < -0.3 is 50.4 Å². The van der Waals surface area contributed by atoms with E-state index in [0.29, 0.717) is 32.2 Å². The maximum absolute atomic E-state index is 13.9. The predicted molar refractivity (Wildman–Crippen MR) is 215 cm³/mol. The maximum atomic E-state index is 13.9. The number of carbonyl (C=O) groups is 8. The van der Waals surface area contributed by atoms with E-state index in [1.54, 1.807) is 48.5 Å². The Labute approximate surface area is 347 Å². The molecule has 0 aromatic heterocycles. The highest BCUT2D eigenvalue weighted by molar-refractivity contribution is 5.97.